The largest absolute Gasteiger partial charge is 0.433 e. The maximum atomic E-state index is 13.3. The first-order valence-electron chi connectivity index (χ1n) is 8.22. The molecule has 1 aliphatic heterocycles. The number of fused-ring (bicyclic) bond motifs is 1. The van der Waals surface area contributed by atoms with Gasteiger partial charge in [0.05, 0.1) is 16.2 Å². The third-order valence-corrected chi connectivity index (χ3v) is 6.14. The van der Waals surface area contributed by atoms with Gasteiger partial charge in [-0.3, -0.25) is 4.79 Å². The standard InChI is InChI=1S/C18H7F6N3OS3/c19-17(20,21)10-5-13(18(22,23)24)26-14-9(10)1-2-11(25-14)7-3-8(30-6-7)4-12-15(28)27-16(29)31-12/h1-6H,(H,27,28,29). The molecule has 0 radical (unpaired) electrons. The van der Waals surface area contributed by atoms with E-state index in [0.717, 1.165) is 17.8 Å². The fourth-order valence-electron chi connectivity index (χ4n) is 2.76. The summed E-state index contributed by atoms with van der Waals surface area (Å²) in [5.74, 6) is -0.350. The zero-order valence-electron chi connectivity index (χ0n) is 14.8. The highest BCUT2D eigenvalue weighted by Crippen LogP contribution is 2.39. The molecule has 0 saturated carbocycles. The molecule has 4 nitrogen and oxygen atoms in total. The van der Waals surface area contributed by atoms with E-state index in [2.05, 4.69) is 15.3 Å². The third kappa shape index (κ3) is 4.43. The van der Waals surface area contributed by atoms with Crippen molar-refractivity contribution in [3.05, 3.63) is 50.7 Å². The molecule has 1 aliphatic rings. The minimum atomic E-state index is -5.06. The van der Waals surface area contributed by atoms with Crippen molar-refractivity contribution in [2.24, 2.45) is 0 Å². The Morgan fingerprint density at radius 3 is 2.39 bits per heavy atom. The van der Waals surface area contributed by atoms with Crippen LogP contribution in [0.1, 0.15) is 16.1 Å². The molecule has 1 saturated heterocycles. The molecule has 1 fully saturated rings. The summed E-state index contributed by atoms with van der Waals surface area (Å²) in [6.07, 6.45) is -8.49. The van der Waals surface area contributed by atoms with Gasteiger partial charge in [0.25, 0.3) is 5.91 Å². The fourth-order valence-corrected chi connectivity index (χ4v) is 4.70. The van der Waals surface area contributed by atoms with E-state index in [1.807, 2.05) is 0 Å². The normalized spacial score (nSPS) is 16.4. The number of nitrogens with zero attached hydrogens (tertiary/aromatic N) is 2. The Bertz CT molecular complexity index is 1260. The molecule has 0 bridgehead atoms. The van der Waals surface area contributed by atoms with Crippen molar-refractivity contribution in [3.8, 4) is 11.3 Å². The van der Waals surface area contributed by atoms with E-state index >= 15 is 0 Å². The summed E-state index contributed by atoms with van der Waals surface area (Å²) < 4.78 is 79.4. The Labute approximate surface area is 183 Å². The van der Waals surface area contributed by atoms with Crippen LogP contribution in [-0.2, 0) is 17.1 Å². The van der Waals surface area contributed by atoms with Crippen LogP contribution in [0.2, 0.25) is 0 Å². The maximum Gasteiger partial charge on any atom is 0.433 e. The van der Waals surface area contributed by atoms with Crippen LogP contribution >= 0.6 is 35.3 Å². The second kappa shape index (κ2) is 7.57. The number of rotatable bonds is 2. The number of thiocarbonyl (C=S) groups is 1. The average molecular weight is 491 g/mol. The number of thioether (sulfide) groups is 1. The van der Waals surface area contributed by atoms with Crippen molar-refractivity contribution in [1.29, 1.82) is 0 Å². The highest BCUT2D eigenvalue weighted by Gasteiger charge is 2.39. The highest BCUT2D eigenvalue weighted by atomic mass is 32.2. The zero-order valence-corrected chi connectivity index (χ0v) is 17.2. The van der Waals surface area contributed by atoms with E-state index in [9.17, 15) is 31.1 Å². The van der Waals surface area contributed by atoms with E-state index in [1.165, 1.54) is 17.4 Å². The summed E-state index contributed by atoms with van der Waals surface area (Å²) in [4.78, 5) is 20.0. The number of amides is 1. The van der Waals surface area contributed by atoms with Crippen molar-refractivity contribution >= 4 is 62.7 Å². The first kappa shape index (κ1) is 21.7. The smallest absolute Gasteiger partial charge is 0.307 e. The third-order valence-electron chi connectivity index (χ3n) is 4.10. The number of alkyl halides is 6. The Morgan fingerprint density at radius 1 is 1.03 bits per heavy atom. The lowest BCUT2D eigenvalue weighted by atomic mass is 10.1. The van der Waals surface area contributed by atoms with Crippen LogP contribution < -0.4 is 5.32 Å². The number of carbonyl (C=O) groups is 1. The average Bonchev–Trinajstić information content (AvgIpc) is 3.25. The molecule has 0 atom stereocenters. The second-order valence-corrected chi connectivity index (χ2v) is 8.87. The van der Waals surface area contributed by atoms with Crippen LogP contribution in [0.5, 0.6) is 0 Å². The van der Waals surface area contributed by atoms with Gasteiger partial charge < -0.3 is 5.32 Å². The van der Waals surface area contributed by atoms with Crippen LogP contribution in [0.4, 0.5) is 26.3 Å². The van der Waals surface area contributed by atoms with Gasteiger partial charge in [-0.25, -0.2) is 9.97 Å². The van der Waals surface area contributed by atoms with Crippen molar-refractivity contribution in [2.75, 3.05) is 0 Å². The summed E-state index contributed by atoms with van der Waals surface area (Å²) in [6.45, 7) is 0. The summed E-state index contributed by atoms with van der Waals surface area (Å²) in [7, 11) is 0. The molecule has 0 aliphatic carbocycles. The molecule has 160 valence electrons. The molecule has 3 aromatic rings. The highest BCUT2D eigenvalue weighted by molar-refractivity contribution is 8.26. The van der Waals surface area contributed by atoms with Gasteiger partial charge >= 0.3 is 12.4 Å². The van der Waals surface area contributed by atoms with E-state index < -0.39 is 34.6 Å². The number of hydrogen-bond donors (Lipinski definition) is 1. The second-order valence-electron chi connectivity index (χ2n) is 6.21. The maximum absolute atomic E-state index is 13.3. The van der Waals surface area contributed by atoms with Crippen LogP contribution in [0.15, 0.2) is 34.6 Å². The Kier molecular flexibility index (Phi) is 5.30. The first-order chi connectivity index (χ1) is 14.4. The number of thiophene rings is 1. The lowest BCUT2D eigenvalue weighted by molar-refractivity contribution is -0.144. The Hall–Kier alpha value is -2.51. The number of hydrogen-bond acceptors (Lipinski definition) is 6. The minimum absolute atomic E-state index is 0.0205. The van der Waals surface area contributed by atoms with Crippen LogP contribution in [-0.4, -0.2) is 20.2 Å². The van der Waals surface area contributed by atoms with Gasteiger partial charge in [0.15, 0.2) is 5.65 Å². The van der Waals surface area contributed by atoms with Crippen molar-refractivity contribution in [2.45, 2.75) is 12.4 Å². The first-order valence-corrected chi connectivity index (χ1v) is 10.3. The summed E-state index contributed by atoms with van der Waals surface area (Å²) in [5, 5.41) is 3.55. The molecule has 0 spiro atoms. The Balaban J connectivity index is 1.78. The van der Waals surface area contributed by atoms with Gasteiger partial charge in [-0.15, -0.1) is 11.3 Å². The minimum Gasteiger partial charge on any atom is -0.307 e. The van der Waals surface area contributed by atoms with Gasteiger partial charge in [0.2, 0.25) is 0 Å². The number of carbonyl (C=O) groups excluding carboxylic acids is 1. The van der Waals surface area contributed by atoms with Gasteiger partial charge in [0.1, 0.15) is 10.0 Å². The molecule has 4 rings (SSSR count). The molecular formula is C18H7F6N3OS3. The predicted molar refractivity (Wildman–Crippen MR) is 109 cm³/mol. The molecule has 4 heterocycles. The molecular weight excluding hydrogens is 484 g/mol. The number of pyridine rings is 2. The lowest BCUT2D eigenvalue weighted by Gasteiger charge is -2.14. The molecule has 1 N–H and O–H groups in total. The molecule has 1 amide bonds. The van der Waals surface area contributed by atoms with Gasteiger partial charge in [-0.1, -0.05) is 24.0 Å². The van der Waals surface area contributed by atoms with E-state index in [1.54, 1.807) is 17.5 Å². The van der Waals surface area contributed by atoms with Crippen LogP contribution in [0.3, 0.4) is 0 Å². The van der Waals surface area contributed by atoms with Crippen molar-refractivity contribution < 1.29 is 31.1 Å². The quantitative estimate of drug-likeness (QED) is 0.276. The van der Waals surface area contributed by atoms with Crippen molar-refractivity contribution in [1.82, 2.24) is 15.3 Å². The molecule has 31 heavy (non-hydrogen) atoms. The van der Waals surface area contributed by atoms with E-state index in [-0.39, 0.29) is 17.7 Å². The fraction of sp³-hybridized carbons (Fsp3) is 0.111. The Morgan fingerprint density at radius 2 is 1.77 bits per heavy atom. The summed E-state index contributed by atoms with van der Waals surface area (Å²) in [6, 6.07) is 3.91. The van der Waals surface area contributed by atoms with Crippen LogP contribution in [0.25, 0.3) is 28.4 Å². The van der Waals surface area contributed by atoms with Gasteiger partial charge in [0, 0.05) is 21.2 Å². The van der Waals surface area contributed by atoms with Gasteiger partial charge in [-0.05, 0) is 30.3 Å². The zero-order chi connectivity index (χ0) is 22.6. The van der Waals surface area contributed by atoms with Crippen LogP contribution in [0, 0.1) is 0 Å². The molecule has 0 unspecified atom stereocenters. The molecule has 3 aromatic heterocycles. The predicted octanol–water partition coefficient (Wildman–Crippen LogP) is 5.88. The monoisotopic (exact) mass is 491 g/mol. The summed E-state index contributed by atoms with van der Waals surface area (Å²) in [5.41, 5.74) is -3.19. The molecule has 13 heteroatoms. The topological polar surface area (TPSA) is 54.9 Å². The molecule has 0 aromatic carbocycles. The van der Waals surface area contributed by atoms with Gasteiger partial charge in [-0.2, -0.15) is 26.3 Å². The van der Waals surface area contributed by atoms with E-state index in [4.69, 9.17) is 12.2 Å². The number of nitrogens with one attached hydrogen (secondary N) is 1. The number of halogens is 6. The summed E-state index contributed by atoms with van der Waals surface area (Å²) >= 11 is 7.21. The van der Waals surface area contributed by atoms with E-state index in [0.29, 0.717) is 19.7 Å². The SMILES string of the molecule is O=C1NC(=S)SC1=Cc1cc(-c2ccc3c(C(F)(F)F)cc(C(F)(F)F)nc3n2)cs1. The van der Waals surface area contributed by atoms with Crippen molar-refractivity contribution in [3.63, 3.8) is 0 Å². The lowest BCUT2D eigenvalue weighted by Crippen LogP contribution is -2.17. The number of aromatic nitrogens is 2.